The number of benzene rings is 1. The summed E-state index contributed by atoms with van der Waals surface area (Å²) >= 11 is 0. The van der Waals surface area contributed by atoms with Crippen molar-refractivity contribution in [2.24, 2.45) is 11.7 Å². The number of nitrogens with two attached hydrogens (primary N) is 1. The fraction of sp³-hybridized carbons (Fsp3) is 0.562. The lowest BCUT2D eigenvalue weighted by molar-refractivity contribution is -0.125. The molecular weight excluding hydrogens is 250 g/mol. The SMILES string of the molecule is CCNC(CN(C)CC1CC1)(C(N)=O)c1ccccc1. The van der Waals surface area contributed by atoms with Gasteiger partial charge in [-0.05, 0) is 37.9 Å². The van der Waals surface area contributed by atoms with Crippen molar-refractivity contribution >= 4 is 5.91 Å². The molecule has 0 heterocycles. The number of nitrogens with one attached hydrogen (secondary N) is 1. The highest BCUT2D eigenvalue weighted by Crippen LogP contribution is 2.30. The summed E-state index contributed by atoms with van der Waals surface area (Å²) in [5.74, 6) is 0.483. The van der Waals surface area contributed by atoms with Crippen LogP contribution in [0.3, 0.4) is 0 Å². The van der Waals surface area contributed by atoms with Crippen molar-refractivity contribution in [3.63, 3.8) is 0 Å². The quantitative estimate of drug-likeness (QED) is 0.752. The number of carbonyl (C=O) groups excluding carboxylic acids is 1. The Morgan fingerprint density at radius 2 is 2.05 bits per heavy atom. The van der Waals surface area contributed by atoms with Crippen LogP contribution in [0.25, 0.3) is 0 Å². The molecule has 0 aromatic heterocycles. The summed E-state index contributed by atoms with van der Waals surface area (Å²) in [7, 11) is 2.07. The molecule has 0 saturated heterocycles. The van der Waals surface area contributed by atoms with E-state index in [4.69, 9.17) is 5.73 Å². The minimum atomic E-state index is -0.806. The molecule has 1 aromatic rings. The van der Waals surface area contributed by atoms with Gasteiger partial charge < -0.3 is 10.6 Å². The van der Waals surface area contributed by atoms with Gasteiger partial charge in [0.25, 0.3) is 0 Å². The van der Waals surface area contributed by atoms with Gasteiger partial charge in [-0.1, -0.05) is 37.3 Å². The van der Waals surface area contributed by atoms with E-state index in [0.717, 1.165) is 18.0 Å². The zero-order chi connectivity index (χ0) is 14.6. The maximum atomic E-state index is 12.2. The number of carbonyl (C=O) groups is 1. The molecule has 1 saturated carbocycles. The molecular formula is C16H25N3O. The average Bonchev–Trinajstić information content (AvgIpc) is 3.22. The van der Waals surface area contributed by atoms with Crippen LogP contribution in [0.15, 0.2) is 30.3 Å². The van der Waals surface area contributed by atoms with E-state index in [0.29, 0.717) is 13.1 Å². The van der Waals surface area contributed by atoms with Crippen molar-refractivity contribution in [3.8, 4) is 0 Å². The second kappa shape index (κ2) is 6.37. The summed E-state index contributed by atoms with van der Waals surface area (Å²) in [6.07, 6.45) is 2.61. The molecule has 4 heteroatoms. The molecule has 1 amide bonds. The van der Waals surface area contributed by atoms with Gasteiger partial charge in [0.15, 0.2) is 0 Å². The molecule has 0 aliphatic heterocycles. The lowest BCUT2D eigenvalue weighted by Gasteiger charge is -2.35. The predicted molar refractivity (Wildman–Crippen MR) is 81.2 cm³/mol. The lowest BCUT2D eigenvalue weighted by atomic mass is 9.88. The largest absolute Gasteiger partial charge is 0.368 e. The minimum Gasteiger partial charge on any atom is -0.368 e. The van der Waals surface area contributed by atoms with Crippen molar-refractivity contribution < 1.29 is 4.79 Å². The zero-order valence-corrected chi connectivity index (χ0v) is 12.4. The summed E-state index contributed by atoms with van der Waals surface area (Å²) in [4.78, 5) is 14.4. The number of primary amides is 1. The van der Waals surface area contributed by atoms with E-state index in [2.05, 4.69) is 17.3 Å². The first-order valence-electron chi connectivity index (χ1n) is 7.37. The van der Waals surface area contributed by atoms with Crippen LogP contribution in [0.4, 0.5) is 0 Å². The second-order valence-electron chi connectivity index (χ2n) is 5.81. The summed E-state index contributed by atoms with van der Waals surface area (Å²) in [6.45, 7) is 4.35. The Balaban J connectivity index is 2.23. The van der Waals surface area contributed by atoms with Crippen molar-refractivity contribution in [2.75, 3.05) is 26.7 Å². The maximum absolute atomic E-state index is 12.2. The van der Waals surface area contributed by atoms with E-state index in [1.807, 2.05) is 37.3 Å². The van der Waals surface area contributed by atoms with Crippen LogP contribution in [0.5, 0.6) is 0 Å². The molecule has 20 heavy (non-hydrogen) atoms. The minimum absolute atomic E-state index is 0.312. The van der Waals surface area contributed by atoms with E-state index in [1.54, 1.807) is 0 Å². The Morgan fingerprint density at radius 3 is 2.55 bits per heavy atom. The average molecular weight is 275 g/mol. The normalized spacial score (nSPS) is 17.9. The van der Waals surface area contributed by atoms with E-state index < -0.39 is 5.54 Å². The predicted octanol–water partition coefficient (Wildman–Crippen LogP) is 1.32. The number of nitrogens with zero attached hydrogens (tertiary/aromatic N) is 1. The van der Waals surface area contributed by atoms with Crippen molar-refractivity contribution in [1.29, 1.82) is 0 Å². The molecule has 1 unspecified atom stereocenters. The van der Waals surface area contributed by atoms with Gasteiger partial charge >= 0.3 is 0 Å². The first-order valence-corrected chi connectivity index (χ1v) is 7.37. The van der Waals surface area contributed by atoms with Crippen LogP contribution >= 0.6 is 0 Å². The Bertz CT molecular complexity index is 444. The molecule has 0 bridgehead atoms. The summed E-state index contributed by atoms with van der Waals surface area (Å²) < 4.78 is 0. The highest BCUT2D eigenvalue weighted by atomic mass is 16.1. The van der Waals surface area contributed by atoms with Gasteiger partial charge in [0.05, 0.1) is 0 Å². The molecule has 110 valence electrons. The molecule has 1 aromatic carbocycles. The van der Waals surface area contributed by atoms with Crippen LogP contribution in [0, 0.1) is 5.92 Å². The number of hydrogen-bond acceptors (Lipinski definition) is 3. The molecule has 4 nitrogen and oxygen atoms in total. The first kappa shape index (κ1) is 15.0. The second-order valence-corrected chi connectivity index (χ2v) is 5.81. The van der Waals surface area contributed by atoms with Gasteiger partial charge in [-0.25, -0.2) is 0 Å². The van der Waals surface area contributed by atoms with E-state index in [-0.39, 0.29) is 5.91 Å². The summed E-state index contributed by atoms with van der Waals surface area (Å²) in [5, 5.41) is 3.32. The van der Waals surface area contributed by atoms with Gasteiger partial charge in [0.1, 0.15) is 5.54 Å². The first-order chi connectivity index (χ1) is 9.58. The molecule has 1 aliphatic carbocycles. The molecule has 1 fully saturated rings. The van der Waals surface area contributed by atoms with Crippen LogP contribution in [0.2, 0.25) is 0 Å². The Hall–Kier alpha value is -1.39. The number of likely N-dealkylation sites (N-methyl/N-ethyl adjacent to an activating group) is 2. The fourth-order valence-electron chi connectivity index (χ4n) is 2.79. The maximum Gasteiger partial charge on any atom is 0.243 e. The van der Waals surface area contributed by atoms with Crippen molar-refractivity contribution in [2.45, 2.75) is 25.3 Å². The van der Waals surface area contributed by atoms with E-state index in [9.17, 15) is 4.79 Å². The van der Waals surface area contributed by atoms with Crippen LogP contribution < -0.4 is 11.1 Å². The van der Waals surface area contributed by atoms with Crippen LogP contribution in [0.1, 0.15) is 25.3 Å². The third-order valence-electron chi connectivity index (χ3n) is 3.94. The smallest absolute Gasteiger partial charge is 0.243 e. The summed E-state index contributed by atoms with van der Waals surface area (Å²) in [6, 6.07) is 9.79. The summed E-state index contributed by atoms with van der Waals surface area (Å²) in [5.41, 5.74) is 5.89. The standard InChI is InChI=1S/C16H25N3O/c1-3-18-16(15(17)20,14-7-5-4-6-8-14)12-19(2)11-13-9-10-13/h4-8,13,18H,3,9-12H2,1-2H3,(H2,17,20). The number of rotatable bonds is 8. The Labute approximate surface area is 121 Å². The third-order valence-corrected chi connectivity index (χ3v) is 3.94. The highest BCUT2D eigenvalue weighted by Gasteiger charge is 2.39. The molecule has 1 aliphatic rings. The van der Waals surface area contributed by atoms with Gasteiger partial charge in [0.2, 0.25) is 5.91 Å². The molecule has 1 atom stereocenters. The van der Waals surface area contributed by atoms with Crippen molar-refractivity contribution in [3.05, 3.63) is 35.9 Å². The van der Waals surface area contributed by atoms with E-state index >= 15 is 0 Å². The van der Waals surface area contributed by atoms with Gasteiger partial charge in [-0.3, -0.25) is 10.1 Å². The monoisotopic (exact) mass is 275 g/mol. The van der Waals surface area contributed by atoms with Gasteiger partial charge in [0, 0.05) is 13.1 Å². The molecule has 0 radical (unpaired) electrons. The van der Waals surface area contributed by atoms with Gasteiger partial charge in [-0.2, -0.15) is 0 Å². The molecule has 0 spiro atoms. The fourth-order valence-corrected chi connectivity index (χ4v) is 2.79. The van der Waals surface area contributed by atoms with Crippen LogP contribution in [-0.4, -0.2) is 37.5 Å². The Morgan fingerprint density at radius 1 is 1.40 bits per heavy atom. The highest BCUT2D eigenvalue weighted by molar-refractivity contribution is 5.86. The van der Waals surface area contributed by atoms with Crippen LogP contribution in [-0.2, 0) is 10.3 Å². The third kappa shape index (κ3) is 3.38. The van der Waals surface area contributed by atoms with Gasteiger partial charge in [-0.15, -0.1) is 0 Å². The molecule has 2 rings (SSSR count). The Kier molecular flexibility index (Phi) is 4.78. The number of amides is 1. The lowest BCUT2D eigenvalue weighted by Crippen LogP contribution is -2.58. The number of hydrogen-bond donors (Lipinski definition) is 2. The molecule has 3 N–H and O–H groups in total. The van der Waals surface area contributed by atoms with Crippen molar-refractivity contribution in [1.82, 2.24) is 10.2 Å². The topological polar surface area (TPSA) is 58.4 Å². The van der Waals surface area contributed by atoms with E-state index in [1.165, 1.54) is 12.8 Å². The zero-order valence-electron chi connectivity index (χ0n) is 12.4.